The zero-order valence-electron chi connectivity index (χ0n) is 17.7. The van der Waals surface area contributed by atoms with Crippen LogP contribution in [0.3, 0.4) is 0 Å². The molecule has 0 saturated heterocycles. The van der Waals surface area contributed by atoms with Crippen molar-refractivity contribution < 1.29 is 18.7 Å². The first-order valence-corrected chi connectivity index (χ1v) is 10.9. The van der Waals surface area contributed by atoms with E-state index in [1.165, 1.54) is 31.0 Å². The summed E-state index contributed by atoms with van der Waals surface area (Å²) in [4.78, 5) is 31.7. The zero-order valence-corrected chi connectivity index (χ0v) is 18.5. The Bertz CT molecular complexity index is 1140. The van der Waals surface area contributed by atoms with Crippen LogP contribution in [-0.4, -0.2) is 29.1 Å². The van der Waals surface area contributed by atoms with E-state index < -0.39 is 17.8 Å². The van der Waals surface area contributed by atoms with E-state index in [4.69, 9.17) is 4.74 Å². The number of esters is 1. The molecule has 2 heterocycles. The van der Waals surface area contributed by atoms with Crippen LogP contribution in [0.5, 0.6) is 0 Å². The molecule has 0 saturated carbocycles. The molecule has 4 rings (SSSR count). The maximum atomic E-state index is 14.1. The Balaban J connectivity index is 1.61. The smallest absolute Gasteiger partial charge is 0.338 e. The molecule has 6 nitrogen and oxygen atoms in total. The molecule has 0 spiro atoms. The molecule has 1 unspecified atom stereocenters. The van der Waals surface area contributed by atoms with Crippen LogP contribution in [0.1, 0.15) is 30.5 Å². The number of aliphatic imine (C=N–C) groups is 1. The maximum absolute atomic E-state index is 14.1. The molecular formula is C24H22FN3O3S. The number of nitrogens with one attached hydrogen (secondary N) is 1. The molecule has 2 aromatic carbocycles. The van der Waals surface area contributed by atoms with E-state index in [2.05, 4.69) is 10.3 Å². The number of hydrogen-bond donors (Lipinski definition) is 1. The van der Waals surface area contributed by atoms with E-state index in [1.807, 2.05) is 40.6 Å². The molecule has 2 aromatic rings. The van der Waals surface area contributed by atoms with Gasteiger partial charge in [-0.05, 0) is 35.6 Å². The molecule has 0 aliphatic carbocycles. The van der Waals surface area contributed by atoms with Gasteiger partial charge in [-0.25, -0.2) is 14.2 Å². The monoisotopic (exact) mass is 451 g/mol. The molecule has 164 valence electrons. The van der Waals surface area contributed by atoms with Crippen molar-refractivity contribution in [2.45, 2.75) is 25.9 Å². The molecule has 2 aliphatic heterocycles. The number of hydrogen-bond acceptors (Lipinski definition) is 6. The van der Waals surface area contributed by atoms with Crippen molar-refractivity contribution in [1.29, 1.82) is 0 Å². The van der Waals surface area contributed by atoms with Gasteiger partial charge in [-0.15, -0.1) is 0 Å². The van der Waals surface area contributed by atoms with Crippen molar-refractivity contribution in [3.8, 4) is 0 Å². The second-order valence-electron chi connectivity index (χ2n) is 7.38. The van der Waals surface area contributed by atoms with Gasteiger partial charge in [-0.1, -0.05) is 54.2 Å². The fraction of sp³-hybridized carbons (Fsp3) is 0.208. The summed E-state index contributed by atoms with van der Waals surface area (Å²) in [6.45, 7) is 2.15. The molecule has 0 radical (unpaired) electrons. The van der Waals surface area contributed by atoms with Gasteiger partial charge in [0.2, 0.25) is 5.91 Å². The predicted molar refractivity (Wildman–Crippen MR) is 122 cm³/mol. The van der Waals surface area contributed by atoms with Crippen LogP contribution in [0.15, 0.2) is 82.0 Å². The van der Waals surface area contributed by atoms with Gasteiger partial charge >= 0.3 is 5.97 Å². The Hall–Kier alpha value is -3.39. The number of benzene rings is 2. The average Bonchev–Trinajstić information content (AvgIpc) is 3.18. The third-order valence-corrected chi connectivity index (χ3v) is 6.13. The fourth-order valence-corrected chi connectivity index (χ4v) is 4.72. The molecule has 32 heavy (non-hydrogen) atoms. The second kappa shape index (κ2) is 9.40. The van der Waals surface area contributed by atoms with E-state index in [9.17, 15) is 14.0 Å². The first kappa shape index (κ1) is 21.8. The molecule has 0 aromatic heterocycles. The summed E-state index contributed by atoms with van der Waals surface area (Å²) in [5.41, 5.74) is 3.09. The minimum absolute atomic E-state index is 0.0954. The number of carbonyl (C=O) groups is 2. The van der Waals surface area contributed by atoms with Gasteiger partial charge in [0.15, 0.2) is 5.17 Å². The first-order valence-electron chi connectivity index (χ1n) is 10.1. The Kier molecular flexibility index (Phi) is 6.41. The third-order valence-electron chi connectivity index (χ3n) is 5.24. The topological polar surface area (TPSA) is 71.0 Å². The standard InChI is InChI=1S/C24H22FN3O3S/c1-15-21(23(30)31-2)22(17-9-6-10-18(25)11-17)28-19(14-32-24(28)27-15)12-20(29)26-13-16-7-4-3-5-8-16/h3-11,14,22H,12-13H2,1-2H3,(H,26,29). The number of amidine groups is 1. The summed E-state index contributed by atoms with van der Waals surface area (Å²) >= 11 is 1.37. The van der Waals surface area contributed by atoms with Gasteiger partial charge in [-0.3, -0.25) is 4.79 Å². The van der Waals surface area contributed by atoms with Crippen molar-refractivity contribution in [3.05, 3.63) is 93.9 Å². The number of halogens is 1. The molecule has 1 N–H and O–H groups in total. The van der Waals surface area contributed by atoms with Crippen molar-refractivity contribution >= 4 is 28.8 Å². The predicted octanol–water partition coefficient (Wildman–Crippen LogP) is 4.28. The van der Waals surface area contributed by atoms with Crippen LogP contribution >= 0.6 is 11.8 Å². The highest BCUT2D eigenvalue weighted by molar-refractivity contribution is 8.16. The Morgan fingerprint density at radius 1 is 1.19 bits per heavy atom. The quantitative estimate of drug-likeness (QED) is 0.664. The van der Waals surface area contributed by atoms with Crippen LogP contribution in [0, 0.1) is 5.82 Å². The maximum Gasteiger partial charge on any atom is 0.338 e. The highest BCUT2D eigenvalue weighted by atomic mass is 32.2. The number of rotatable bonds is 6. The van der Waals surface area contributed by atoms with E-state index >= 15 is 0 Å². The number of carbonyl (C=O) groups excluding carboxylic acids is 2. The summed E-state index contributed by atoms with van der Waals surface area (Å²) in [5.74, 6) is -1.11. The summed E-state index contributed by atoms with van der Waals surface area (Å²) in [6, 6.07) is 15.1. The van der Waals surface area contributed by atoms with Crippen LogP contribution in [0.4, 0.5) is 4.39 Å². The van der Waals surface area contributed by atoms with Gasteiger partial charge in [0.1, 0.15) is 5.82 Å². The largest absolute Gasteiger partial charge is 0.466 e. The fourth-order valence-electron chi connectivity index (χ4n) is 3.76. The summed E-state index contributed by atoms with van der Waals surface area (Å²) in [7, 11) is 1.30. The summed E-state index contributed by atoms with van der Waals surface area (Å²) in [6.07, 6.45) is 0.0954. The van der Waals surface area contributed by atoms with Gasteiger partial charge in [0.25, 0.3) is 0 Å². The Morgan fingerprint density at radius 2 is 1.97 bits per heavy atom. The van der Waals surface area contributed by atoms with Crippen LogP contribution in [0.2, 0.25) is 0 Å². The zero-order chi connectivity index (χ0) is 22.7. The van der Waals surface area contributed by atoms with Gasteiger partial charge in [0, 0.05) is 12.2 Å². The molecule has 1 atom stereocenters. The molecule has 2 aliphatic rings. The molecule has 0 bridgehead atoms. The number of fused-ring (bicyclic) bond motifs is 1. The van der Waals surface area contributed by atoms with Gasteiger partial charge < -0.3 is 15.0 Å². The minimum atomic E-state index is -0.645. The van der Waals surface area contributed by atoms with Crippen molar-refractivity contribution in [2.24, 2.45) is 4.99 Å². The average molecular weight is 452 g/mol. The minimum Gasteiger partial charge on any atom is -0.466 e. The first-order chi connectivity index (χ1) is 15.5. The molecular weight excluding hydrogens is 429 g/mol. The molecule has 1 amide bonds. The second-order valence-corrected chi connectivity index (χ2v) is 8.22. The molecule has 8 heteroatoms. The normalized spacial score (nSPS) is 17.5. The number of amides is 1. The summed E-state index contributed by atoms with van der Waals surface area (Å²) in [5, 5.41) is 5.40. The van der Waals surface area contributed by atoms with E-state index in [0.717, 1.165) is 5.56 Å². The van der Waals surface area contributed by atoms with Crippen molar-refractivity contribution in [2.75, 3.05) is 7.11 Å². The highest BCUT2D eigenvalue weighted by Gasteiger charge is 2.41. The lowest BCUT2D eigenvalue weighted by atomic mass is 9.94. The Morgan fingerprint density at radius 3 is 2.69 bits per heavy atom. The lowest BCUT2D eigenvalue weighted by molar-refractivity contribution is -0.136. The SMILES string of the molecule is COC(=O)C1=C(C)N=C2SC=C(CC(=O)NCc3ccccc3)N2C1c1cccc(F)c1. The number of allylic oxidation sites excluding steroid dienone is 1. The van der Waals surface area contributed by atoms with E-state index in [1.54, 1.807) is 19.1 Å². The van der Waals surface area contributed by atoms with Crippen molar-refractivity contribution in [1.82, 2.24) is 10.2 Å². The van der Waals surface area contributed by atoms with Gasteiger partial charge in [-0.2, -0.15) is 0 Å². The van der Waals surface area contributed by atoms with Crippen LogP contribution < -0.4 is 5.32 Å². The third kappa shape index (κ3) is 4.45. The van der Waals surface area contributed by atoms with E-state index in [-0.39, 0.29) is 12.3 Å². The summed E-state index contributed by atoms with van der Waals surface area (Å²) < 4.78 is 19.1. The number of thioether (sulfide) groups is 1. The van der Waals surface area contributed by atoms with Crippen LogP contribution in [0.25, 0.3) is 0 Å². The van der Waals surface area contributed by atoms with E-state index in [0.29, 0.717) is 34.2 Å². The lowest BCUT2D eigenvalue weighted by Crippen LogP contribution is -2.38. The lowest BCUT2D eigenvalue weighted by Gasteiger charge is -2.36. The van der Waals surface area contributed by atoms with Crippen LogP contribution in [-0.2, 0) is 20.9 Å². The highest BCUT2D eigenvalue weighted by Crippen LogP contribution is 2.44. The number of nitrogens with zero attached hydrogens (tertiary/aromatic N) is 2. The number of ether oxygens (including phenoxy) is 1. The van der Waals surface area contributed by atoms with Crippen molar-refractivity contribution in [3.63, 3.8) is 0 Å². The Labute approximate surface area is 189 Å². The molecule has 0 fully saturated rings. The number of methoxy groups -OCH3 is 1. The van der Waals surface area contributed by atoms with Gasteiger partial charge in [0.05, 0.1) is 30.8 Å².